The summed E-state index contributed by atoms with van der Waals surface area (Å²) in [6, 6.07) is 22.8. The van der Waals surface area contributed by atoms with E-state index in [0.717, 1.165) is 24.1 Å². The van der Waals surface area contributed by atoms with Crippen LogP contribution in [0.2, 0.25) is 0 Å². The SMILES string of the molecule is N#Cc1ccc(C(=O)N2CCCN(Cc3ccncc3)C(c3ccccc3)CC(=O)NCC2)cc1. The molecule has 2 amide bonds. The number of hydrogen-bond donors (Lipinski definition) is 1. The van der Waals surface area contributed by atoms with Gasteiger partial charge in [-0.25, -0.2) is 0 Å². The average molecular weight is 468 g/mol. The Morgan fingerprint density at radius 1 is 1.00 bits per heavy atom. The van der Waals surface area contributed by atoms with Gasteiger partial charge in [-0.05, 0) is 53.9 Å². The number of nitriles is 1. The maximum absolute atomic E-state index is 13.2. The molecule has 0 spiro atoms. The summed E-state index contributed by atoms with van der Waals surface area (Å²) in [4.78, 5) is 34.4. The summed E-state index contributed by atoms with van der Waals surface area (Å²) in [6.45, 7) is 2.81. The number of carbonyl (C=O) groups excluding carboxylic acids is 2. The molecular formula is C28H29N5O2. The second-order valence-electron chi connectivity index (χ2n) is 8.64. The summed E-state index contributed by atoms with van der Waals surface area (Å²) in [5, 5.41) is 12.0. The van der Waals surface area contributed by atoms with E-state index in [-0.39, 0.29) is 17.9 Å². The molecule has 0 radical (unpaired) electrons. The van der Waals surface area contributed by atoms with Crippen LogP contribution in [0.15, 0.2) is 79.1 Å². The van der Waals surface area contributed by atoms with Crippen molar-refractivity contribution in [2.75, 3.05) is 26.2 Å². The lowest BCUT2D eigenvalue weighted by Crippen LogP contribution is -2.39. The van der Waals surface area contributed by atoms with Gasteiger partial charge in [0.05, 0.1) is 11.6 Å². The number of benzene rings is 2. The molecule has 1 aromatic heterocycles. The number of nitrogens with zero attached hydrogens (tertiary/aromatic N) is 4. The first kappa shape index (κ1) is 24.1. The Labute approximate surface area is 206 Å². The first-order valence-electron chi connectivity index (χ1n) is 11.9. The Morgan fingerprint density at radius 3 is 2.46 bits per heavy atom. The number of amides is 2. The maximum atomic E-state index is 13.2. The summed E-state index contributed by atoms with van der Waals surface area (Å²) in [7, 11) is 0. The number of nitrogens with one attached hydrogen (secondary N) is 1. The Bertz CT molecular complexity index is 1160. The minimum Gasteiger partial charge on any atom is -0.354 e. The summed E-state index contributed by atoms with van der Waals surface area (Å²) < 4.78 is 0. The molecule has 2 heterocycles. The minimum atomic E-state index is -0.0942. The summed E-state index contributed by atoms with van der Waals surface area (Å²) in [5.74, 6) is -0.130. The second-order valence-corrected chi connectivity index (χ2v) is 8.64. The molecule has 1 aliphatic heterocycles. The molecule has 7 nitrogen and oxygen atoms in total. The molecule has 1 unspecified atom stereocenters. The van der Waals surface area contributed by atoms with Crippen molar-refractivity contribution in [3.05, 3.63) is 101 Å². The number of rotatable bonds is 4. The van der Waals surface area contributed by atoms with Crippen LogP contribution in [0.5, 0.6) is 0 Å². The van der Waals surface area contributed by atoms with Crippen LogP contribution < -0.4 is 5.32 Å². The average Bonchev–Trinajstić information content (AvgIpc) is 2.94. The fourth-order valence-electron chi connectivity index (χ4n) is 4.43. The molecule has 4 rings (SSSR count). The highest BCUT2D eigenvalue weighted by Gasteiger charge is 2.25. The predicted octanol–water partition coefficient (Wildman–Crippen LogP) is 3.55. The maximum Gasteiger partial charge on any atom is 0.253 e. The van der Waals surface area contributed by atoms with Gasteiger partial charge in [-0.15, -0.1) is 0 Å². The third-order valence-electron chi connectivity index (χ3n) is 6.26. The molecule has 1 N–H and O–H groups in total. The van der Waals surface area contributed by atoms with E-state index in [1.165, 1.54) is 0 Å². The van der Waals surface area contributed by atoms with Crippen molar-refractivity contribution in [2.24, 2.45) is 0 Å². The Hall–Kier alpha value is -4.02. The number of hydrogen-bond acceptors (Lipinski definition) is 5. The van der Waals surface area contributed by atoms with Crippen molar-refractivity contribution in [1.29, 1.82) is 5.26 Å². The first-order chi connectivity index (χ1) is 17.1. The Morgan fingerprint density at radius 2 is 1.74 bits per heavy atom. The zero-order chi connectivity index (χ0) is 24.5. The van der Waals surface area contributed by atoms with E-state index in [2.05, 4.69) is 33.4 Å². The normalized spacial score (nSPS) is 17.6. The number of aromatic nitrogens is 1. The summed E-state index contributed by atoms with van der Waals surface area (Å²) >= 11 is 0. The van der Waals surface area contributed by atoms with Crippen molar-refractivity contribution in [2.45, 2.75) is 25.4 Å². The molecule has 2 aromatic carbocycles. The fraction of sp³-hybridized carbons (Fsp3) is 0.286. The van der Waals surface area contributed by atoms with Gasteiger partial charge in [-0.2, -0.15) is 5.26 Å². The molecule has 1 saturated heterocycles. The largest absolute Gasteiger partial charge is 0.354 e. The molecule has 1 atom stereocenters. The van der Waals surface area contributed by atoms with E-state index in [1.54, 1.807) is 41.6 Å². The van der Waals surface area contributed by atoms with Crippen LogP contribution in [-0.4, -0.2) is 52.8 Å². The van der Waals surface area contributed by atoms with Gasteiger partial charge in [0.2, 0.25) is 5.91 Å². The molecule has 7 heteroatoms. The van der Waals surface area contributed by atoms with Crippen LogP contribution in [-0.2, 0) is 11.3 Å². The van der Waals surface area contributed by atoms with Crippen LogP contribution in [0, 0.1) is 11.3 Å². The standard InChI is InChI=1S/C28H29N5O2/c29-20-22-7-9-25(10-8-22)28(35)32-16-4-17-33(21-23-11-13-30-14-12-23)26(19-27(34)31-15-18-32)24-5-2-1-3-6-24/h1-3,5-14,26H,4,15-19,21H2,(H,31,34). The molecule has 1 fully saturated rings. The van der Waals surface area contributed by atoms with Gasteiger partial charge < -0.3 is 10.2 Å². The van der Waals surface area contributed by atoms with Crippen molar-refractivity contribution in [3.8, 4) is 6.07 Å². The van der Waals surface area contributed by atoms with E-state index >= 15 is 0 Å². The molecule has 1 aliphatic rings. The van der Waals surface area contributed by atoms with Gasteiger partial charge in [0, 0.05) is 63.1 Å². The van der Waals surface area contributed by atoms with E-state index in [1.807, 2.05) is 30.3 Å². The van der Waals surface area contributed by atoms with Crippen LogP contribution in [0.3, 0.4) is 0 Å². The van der Waals surface area contributed by atoms with Crippen molar-refractivity contribution >= 4 is 11.8 Å². The predicted molar refractivity (Wildman–Crippen MR) is 133 cm³/mol. The summed E-state index contributed by atoms with van der Waals surface area (Å²) in [6.07, 6.45) is 4.68. The fourth-order valence-corrected chi connectivity index (χ4v) is 4.43. The molecule has 35 heavy (non-hydrogen) atoms. The van der Waals surface area contributed by atoms with Gasteiger partial charge >= 0.3 is 0 Å². The third-order valence-corrected chi connectivity index (χ3v) is 6.26. The van der Waals surface area contributed by atoms with E-state index < -0.39 is 0 Å². The van der Waals surface area contributed by atoms with Gasteiger partial charge in [-0.3, -0.25) is 19.5 Å². The molecular weight excluding hydrogens is 438 g/mol. The molecule has 0 bridgehead atoms. The Kier molecular flexibility index (Phi) is 8.21. The molecule has 0 aliphatic carbocycles. The lowest BCUT2D eigenvalue weighted by Gasteiger charge is -2.32. The van der Waals surface area contributed by atoms with Gasteiger partial charge in [0.25, 0.3) is 5.91 Å². The molecule has 3 aromatic rings. The van der Waals surface area contributed by atoms with Crippen LogP contribution in [0.25, 0.3) is 0 Å². The highest BCUT2D eigenvalue weighted by Crippen LogP contribution is 2.27. The van der Waals surface area contributed by atoms with Crippen molar-refractivity contribution in [3.63, 3.8) is 0 Å². The number of pyridine rings is 1. The molecule has 178 valence electrons. The van der Waals surface area contributed by atoms with Gasteiger partial charge in [-0.1, -0.05) is 30.3 Å². The van der Waals surface area contributed by atoms with Crippen LogP contribution >= 0.6 is 0 Å². The van der Waals surface area contributed by atoms with E-state index in [9.17, 15) is 9.59 Å². The van der Waals surface area contributed by atoms with Crippen molar-refractivity contribution < 1.29 is 9.59 Å². The Balaban J connectivity index is 1.56. The van der Waals surface area contributed by atoms with E-state index in [0.29, 0.717) is 43.7 Å². The third kappa shape index (κ3) is 6.52. The smallest absolute Gasteiger partial charge is 0.253 e. The quantitative estimate of drug-likeness (QED) is 0.634. The van der Waals surface area contributed by atoms with Crippen LogP contribution in [0.1, 0.15) is 45.9 Å². The monoisotopic (exact) mass is 467 g/mol. The minimum absolute atomic E-state index is 0.0359. The topological polar surface area (TPSA) is 89.3 Å². The zero-order valence-electron chi connectivity index (χ0n) is 19.6. The second kappa shape index (κ2) is 11.9. The number of carbonyl (C=O) groups is 2. The zero-order valence-corrected chi connectivity index (χ0v) is 19.6. The van der Waals surface area contributed by atoms with Gasteiger partial charge in [0.1, 0.15) is 0 Å². The summed E-state index contributed by atoms with van der Waals surface area (Å²) in [5.41, 5.74) is 3.29. The van der Waals surface area contributed by atoms with Crippen molar-refractivity contribution in [1.82, 2.24) is 20.1 Å². The van der Waals surface area contributed by atoms with Gasteiger partial charge in [0.15, 0.2) is 0 Å². The van der Waals surface area contributed by atoms with Crippen LogP contribution in [0.4, 0.5) is 0 Å². The van der Waals surface area contributed by atoms with E-state index in [4.69, 9.17) is 5.26 Å². The highest BCUT2D eigenvalue weighted by molar-refractivity contribution is 5.94. The highest BCUT2D eigenvalue weighted by atomic mass is 16.2. The molecule has 0 saturated carbocycles. The lowest BCUT2D eigenvalue weighted by atomic mass is 10.00. The first-order valence-corrected chi connectivity index (χ1v) is 11.9. The lowest BCUT2D eigenvalue weighted by molar-refractivity contribution is -0.122.